The third-order valence-electron chi connectivity index (χ3n) is 3.31. The number of rotatable bonds is 7. The number of amides is 1. The molecule has 0 aliphatic carbocycles. The quantitative estimate of drug-likeness (QED) is 0.477. The summed E-state index contributed by atoms with van der Waals surface area (Å²) >= 11 is 5.59. The van der Waals surface area contributed by atoms with Crippen molar-refractivity contribution in [2.45, 2.75) is 25.8 Å². The zero-order chi connectivity index (χ0) is 15.9. The van der Waals surface area contributed by atoms with Crippen LogP contribution in [0.4, 0.5) is 0 Å². The lowest BCUT2D eigenvalue weighted by molar-refractivity contribution is -0.122. The third-order valence-corrected chi connectivity index (χ3v) is 3.56. The summed E-state index contributed by atoms with van der Waals surface area (Å²) in [5, 5.41) is 6.38. The summed E-state index contributed by atoms with van der Waals surface area (Å²) in [5.41, 5.74) is 0.324. The Labute approximate surface area is 129 Å². The molecule has 1 atom stereocenters. The molecule has 1 N–H and O–H groups in total. The molecule has 0 spiro atoms. The number of benzene rings is 1. The summed E-state index contributed by atoms with van der Waals surface area (Å²) in [6, 6.07) is 6.80. The maximum atomic E-state index is 12.2. The van der Waals surface area contributed by atoms with Gasteiger partial charge in [-0.05, 0) is 31.0 Å². The minimum Gasteiger partial charge on any atom is -0.399 e. The number of alkyl halides is 1. The number of nitrogens with zero attached hydrogens (tertiary/aromatic N) is 1. The molecule has 0 aliphatic rings. The Bertz CT molecular complexity index is 528. The first-order valence-electron chi connectivity index (χ1n) is 6.55. The average Bonchev–Trinajstić information content (AvgIpc) is 2.52. The van der Waals surface area contributed by atoms with Crippen molar-refractivity contribution in [2.24, 2.45) is 5.16 Å². The van der Waals surface area contributed by atoms with Crippen LogP contribution in [0.2, 0.25) is 0 Å². The zero-order valence-electron chi connectivity index (χ0n) is 12.4. The second-order valence-electron chi connectivity index (χ2n) is 4.74. The van der Waals surface area contributed by atoms with E-state index in [0.29, 0.717) is 12.0 Å². The Kier molecular flexibility index (Phi) is 6.37. The molecule has 0 aliphatic heterocycles. The van der Waals surface area contributed by atoms with E-state index in [9.17, 15) is 9.59 Å². The summed E-state index contributed by atoms with van der Waals surface area (Å²) in [4.78, 5) is 28.6. The fraction of sp³-hybridized carbons (Fsp3) is 0.400. The van der Waals surface area contributed by atoms with Gasteiger partial charge in [-0.1, -0.05) is 24.2 Å². The van der Waals surface area contributed by atoms with Crippen LogP contribution in [0.3, 0.4) is 0 Å². The number of Topliss-reactive ketones (excluding diaryl/α,β-unsaturated/α-hetero) is 1. The van der Waals surface area contributed by atoms with E-state index in [1.807, 2.05) is 6.92 Å². The smallest absolute Gasteiger partial charge is 0.252 e. The van der Waals surface area contributed by atoms with Gasteiger partial charge in [0, 0.05) is 5.56 Å². The Morgan fingerprint density at radius 1 is 1.38 bits per heavy atom. The Balaban J connectivity index is 2.84. The molecule has 0 bridgehead atoms. The molecule has 5 nitrogen and oxygen atoms in total. The van der Waals surface area contributed by atoms with Gasteiger partial charge in [0.1, 0.15) is 7.11 Å². The van der Waals surface area contributed by atoms with Crippen molar-refractivity contribution < 1.29 is 14.4 Å². The minimum absolute atomic E-state index is 0.128. The van der Waals surface area contributed by atoms with Gasteiger partial charge >= 0.3 is 0 Å². The van der Waals surface area contributed by atoms with Gasteiger partial charge in [0.05, 0.1) is 17.6 Å². The van der Waals surface area contributed by atoms with E-state index in [1.165, 1.54) is 13.3 Å². The van der Waals surface area contributed by atoms with Crippen molar-refractivity contribution in [3.05, 3.63) is 35.4 Å². The lowest BCUT2D eigenvalue weighted by atomic mass is 9.93. The first kappa shape index (κ1) is 17.2. The van der Waals surface area contributed by atoms with Crippen molar-refractivity contribution in [1.29, 1.82) is 0 Å². The van der Waals surface area contributed by atoms with Crippen LogP contribution in [0.15, 0.2) is 29.4 Å². The molecule has 0 saturated carbocycles. The molecule has 1 aromatic carbocycles. The van der Waals surface area contributed by atoms with Gasteiger partial charge in [0.15, 0.2) is 5.78 Å². The van der Waals surface area contributed by atoms with Crippen LogP contribution in [0.5, 0.6) is 0 Å². The predicted molar refractivity (Wildman–Crippen MR) is 82.9 cm³/mol. The van der Waals surface area contributed by atoms with Crippen molar-refractivity contribution in [1.82, 2.24) is 5.32 Å². The number of nitrogens with one attached hydrogen (secondary N) is 1. The molecule has 0 fully saturated rings. The molecule has 0 aromatic heterocycles. The number of halogens is 1. The second kappa shape index (κ2) is 7.78. The zero-order valence-corrected chi connectivity index (χ0v) is 13.1. The number of carbonyl (C=O) groups is 2. The van der Waals surface area contributed by atoms with Crippen LogP contribution in [0.25, 0.3) is 0 Å². The van der Waals surface area contributed by atoms with Crippen molar-refractivity contribution >= 4 is 29.5 Å². The van der Waals surface area contributed by atoms with E-state index >= 15 is 0 Å². The second-order valence-corrected chi connectivity index (χ2v) is 5.00. The van der Waals surface area contributed by atoms with Gasteiger partial charge in [-0.15, -0.1) is 11.6 Å². The highest BCUT2D eigenvalue weighted by molar-refractivity contribution is 6.29. The van der Waals surface area contributed by atoms with Crippen LogP contribution in [0, 0.1) is 0 Å². The van der Waals surface area contributed by atoms with Gasteiger partial charge in [-0.3, -0.25) is 9.59 Å². The maximum absolute atomic E-state index is 12.2. The molecular formula is C15H19ClN2O3. The summed E-state index contributed by atoms with van der Waals surface area (Å²) in [5.74, 6) is -0.645. The lowest BCUT2D eigenvalue weighted by Gasteiger charge is -2.27. The standard InChI is InChI=1S/C15H19ClN2O3/c1-4-15(2,13(19)9-16)18-14(20)12-7-5-11(6-8-12)10-17-21-3/h5-8,10H,4,9H2,1-3H3,(H,18,20). The van der Waals surface area contributed by atoms with Gasteiger partial charge in [-0.25, -0.2) is 0 Å². The molecule has 0 radical (unpaired) electrons. The number of carbonyl (C=O) groups excluding carboxylic acids is 2. The predicted octanol–water partition coefficient (Wildman–Crippen LogP) is 2.37. The number of ketones is 1. The SMILES string of the molecule is CCC(C)(NC(=O)c1ccc(C=NOC)cc1)C(=O)CCl. The van der Waals surface area contributed by atoms with Gasteiger partial charge in [0.2, 0.25) is 0 Å². The summed E-state index contributed by atoms with van der Waals surface area (Å²) in [6.45, 7) is 3.50. The largest absolute Gasteiger partial charge is 0.399 e. The number of oxime groups is 1. The molecule has 1 aromatic rings. The van der Waals surface area contributed by atoms with Gasteiger partial charge in [-0.2, -0.15) is 0 Å². The van der Waals surface area contributed by atoms with Gasteiger partial charge < -0.3 is 10.2 Å². The molecule has 21 heavy (non-hydrogen) atoms. The van der Waals surface area contributed by atoms with Crippen molar-refractivity contribution in [3.63, 3.8) is 0 Å². The highest BCUT2D eigenvalue weighted by Crippen LogP contribution is 2.13. The summed E-state index contributed by atoms with van der Waals surface area (Å²) in [6.07, 6.45) is 2.01. The molecule has 6 heteroatoms. The van der Waals surface area contributed by atoms with E-state index in [1.54, 1.807) is 31.2 Å². The van der Waals surface area contributed by atoms with Crippen LogP contribution in [-0.2, 0) is 9.63 Å². The number of hydrogen-bond donors (Lipinski definition) is 1. The highest BCUT2D eigenvalue weighted by atomic mass is 35.5. The van der Waals surface area contributed by atoms with E-state index in [0.717, 1.165) is 5.56 Å². The molecular weight excluding hydrogens is 292 g/mol. The van der Waals surface area contributed by atoms with E-state index in [2.05, 4.69) is 15.3 Å². The average molecular weight is 311 g/mol. The normalized spacial score (nSPS) is 13.7. The Hall–Kier alpha value is -1.88. The topological polar surface area (TPSA) is 67.8 Å². The van der Waals surface area contributed by atoms with E-state index in [4.69, 9.17) is 11.6 Å². The summed E-state index contributed by atoms with van der Waals surface area (Å²) < 4.78 is 0. The molecule has 0 heterocycles. The number of hydrogen-bond acceptors (Lipinski definition) is 4. The van der Waals surface area contributed by atoms with Crippen LogP contribution < -0.4 is 5.32 Å². The fourth-order valence-corrected chi connectivity index (χ4v) is 1.95. The fourth-order valence-electron chi connectivity index (χ4n) is 1.66. The molecule has 1 unspecified atom stereocenters. The first-order valence-corrected chi connectivity index (χ1v) is 7.08. The van der Waals surface area contributed by atoms with Crippen molar-refractivity contribution in [2.75, 3.05) is 13.0 Å². The molecule has 0 saturated heterocycles. The molecule has 1 amide bonds. The first-order chi connectivity index (χ1) is 9.96. The third kappa shape index (κ3) is 4.56. The van der Waals surface area contributed by atoms with Crippen LogP contribution in [0.1, 0.15) is 36.2 Å². The van der Waals surface area contributed by atoms with Crippen LogP contribution in [-0.4, -0.2) is 36.4 Å². The summed E-state index contributed by atoms with van der Waals surface area (Å²) in [7, 11) is 1.46. The maximum Gasteiger partial charge on any atom is 0.252 e. The van der Waals surface area contributed by atoms with Crippen LogP contribution >= 0.6 is 11.6 Å². The van der Waals surface area contributed by atoms with E-state index < -0.39 is 5.54 Å². The minimum atomic E-state index is -0.949. The highest BCUT2D eigenvalue weighted by Gasteiger charge is 2.32. The van der Waals surface area contributed by atoms with Crippen molar-refractivity contribution in [3.8, 4) is 0 Å². The lowest BCUT2D eigenvalue weighted by Crippen LogP contribution is -2.52. The van der Waals surface area contributed by atoms with Gasteiger partial charge in [0.25, 0.3) is 5.91 Å². The Morgan fingerprint density at radius 2 is 2.00 bits per heavy atom. The molecule has 1 rings (SSSR count). The molecule has 114 valence electrons. The monoisotopic (exact) mass is 310 g/mol. The Morgan fingerprint density at radius 3 is 2.48 bits per heavy atom. The van der Waals surface area contributed by atoms with E-state index in [-0.39, 0.29) is 17.6 Å².